The van der Waals surface area contributed by atoms with Gasteiger partial charge in [-0.2, -0.15) is 0 Å². The lowest BCUT2D eigenvalue weighted by Gasteiger charge is -2.15. The lowest BCUT2D eigenvalue weighted by Crippen LogP contribution is -2.08. The zero-order valence-corrected chi connectivity index (χ0v) is 18.1. The molecule has 0 amide bonds. The highest BCUT2D eigenvalue weighted by molar-refractivity contribution is 14.1. The number of halogens is 1. The molecule has 0 fully saturated rings. The number of hydrogen-bond acceptors (Lipinski definition) is 6. The first-order valence-electron chi connectivity index (χ1n) is 8.62. The number of cyclic esters (lactones) is 1. The van der Waals surface area contributed by atoms with Crippen LogP contribution in [0.25, 0.3) is 6.08 Å². The van der Waals surface area contributed by atoms with Gasteiger partial charge in [-0.3, -0.25) is 0 Å². The second-order valence-corrected chi connectivity index (χ2v) is 7.43. The Morgan fingerprint density at radius 2 is 1.82 bits per heavy atom. The number of carbonyl (C=O) groups excluding carboxylic acids is 1. The van der Waals surface area contributed by atoms with Crippen LogP contribution in [0.1, 0.15) is 25.0 Å². The predicted molar refractivity (Wildman–Crippen MR) is 115 cm³/mol. The first-order valence-corrected chi connectivity index (χ1v) is 9.70. The lowest BCUT2D eigenvalue weighted by atomic mass is 10.1. The van der Waals surface area contributed by atoms with E-state index in [0.717, 1.165) is 14.9 Å². The Balaban J connectivity index is 1.92. The van der Waals surface area contributed by atoms with E-state index >= 15 is 0 Å². The van der Waals surface area contributed by atoms with E-state index in [1.807, 2.05) is 19.9 Å². The second kappa shape index (κ2) is 8.64. The van der Waals surface area contributed by atoms with Crippen molar-refractivity contribution >= 4 is 40.5 Å². The van der Waals surface area contributed by atoms with E-state index in [2.05, 4.69) is 27.6 Å². The third kappa shape index (κ3) is 4.46. The van der Waals surface area contributed by atoms with Crippen LogP contribution in [0.3, 0.4) is 0 Å². The Labute approximate surface area is 177 Å². The molecule has 146 valence electrons. The van der Waals surface area contributed by atoms with Crippen LogP contribution in [0.15, 0.2) is 47.1 Å². The highest BCUT2D eigenvalue weighted by atomic mass is 127. The van der Waals surface area contributed by atoms with Crippen molar-refractivity contribution in [2.75, 3.05) is 14.2 Å². The normalized spacial score (nSPS) is 14.9. The number of nitrogens with zero attached hydrogens (tertiary/aromatic N) is 1. The summed E-state index contributed by atoms with van der Waals surface area (Å²) in [5.74, 6) is 1.76. The Morgan fingerprint density at radius 1 is 1.11 bits per heavy atom. The number of carbonyl (C=O) groups is 1. The number of ether oxygens (including phenoxy) is 4. The van der Waals surface area contributed by atoms with Gasteiger partial charge in [0.2, 0.25) is 5.90 Å². The largest absolute Gasteiger partial charge is 0.497 e. The molecule has 0 aliphatic carbocycles. The number of rotatable bonds is 6. The summed E-state index contributed by atoms with van der Waals surface area (Å²) in [5, 5.41) is 0. The average Bonchev–Trinajstić information content (AvgIpc) is 3.04. The molecule has 0 saturated carbocycles. The highest BCUT2D eigenvalue weighted by Crippen LogP contribution is 2.35. The van der Waals surface area contributed by atoms with E-state index in [-0.39, 0.29) is 17.7 Å². The molecule has 1 aliphatic heterocycles. The number of hydrogen-bond donors (Lipinski definition) is 0. The van der Waals surface area contributed by atoms with Crippen molar-refractivity contribution in [1.82, 2.24) is 0 Å². The van der Waals surface area contributed by atoms with Gasteiger partial charge in [-0.1, -0.05) is 0 Å². The first kappa shape index (κ1) is 20.2. The molecular weight excluding hydrogens is 473 g/mol. The fraction of sp³-hybridized carbons (Fsp3) is 0.238. The summed E-state index contributed by atoms with van der Waals surface area (Å²) in [6.45, 7) is 3.91. The van der Waals surface area contributed by atoms with Crippen molar-refractivity contribution in [3.63, 3.8) is 0 Å². The fourth-order valence-corrected chi connectivity index (χ4v) is 3.35. The van der Waals surface area contributed by atoms with Crippen LogP contribution >= 0.6 is 22.6 Å². The van der Waals surface area contributed by atoms with Gasteiger partial charge in [0.1, 0.15) is 5.75 Å². The number of esters is 1. The Bertz CT molecular complexity index is 948. The van der Waals surface area contributed by atoms with Crippen molar-refractivity contribution in [3.05, 3.63) is 56.8 Å². The quantitative estimate of drug-likeness (QED) is 0.338. The van der Waals surface area contributed by atoms with Crippen LogP contribution in [0.4, 0.5) is 0 Å². The topological polar surface area (TPSA) is 66.3 Å². The smallest absolute Gasteiger partial charge is 0.363 e. The van der Waals surface area contributed by atoms with Crippen molar-refractivity contribution in [3.8, 4) is 17.2 Å². The summed E-state index contributed by atoms with van der Waals surface area (Å²) >= 11 is 2.18. The van der Waals surface area contributed by atoms with Crippen molar-refractivity contribution in [2.24, 2.45) is 4.99 Å². The van der Waals surface area contributed by atoms with Crippen molar-refractivity contribution < 1.29 is 23.7 Å². The van der Waals surface area contributed by atoms with Gasteiger partial charge >= 0.3 is 5.97 Å². The zero-order valence-electron chi connectivity index (χ0n) is 16.0. The molecule has 2 aromatic carbocycles. The molecule has 0 spiro atoms. The summed E-state index contributed by atoms with van der Waals surface area (Å²) in [7, 11) is 3.18. The lowest BCUT2D eigenvalue weighted by molar-refractivity contribution is -0.129. The second-order valence-electron chi connectivity index (χ2n) is 6.27. The maximum atomic E-state index is 12.2. The zero-order chi connectivity index (χ0) is 20.3. The molecule has 0 unspecified atom stereocenters. The molecule has 1 heterocycles. The monoisotopic (exact) mass is 493 g/mol. The third-order valence-electron chi connectivity index (χ3n) is 3.87. The van der Waals surface area contributed by atoms with Crippen LogP contribution < -0.4 is 14.2 Å². The molecule has 0 N–H and O–H groups in total. The summed E-state index contributed by atoms with van der Waals surface area (Å²) < 4.78 is 22.6. The van der Waals surface area contributed by atoms with Gasteiger partial charge in [0.05, 0.1) is 23.9 Å². The molecule has 2 aromatic rings. The van der Waals surface area contributed by atoms with Crippen LogP contribution in [0, 0.1) is 3.57 Å². The molecule has 7 heteroatoms. The maximum absolute atomic E-state index is 12.2. The first-order chi connectivity index (χ1) is 13.4. The van der Waals surface area contributed by atoms with E-state index < -0.39 is 5.97 Å². The van der Waals surface area contributed by atoms with Crippen molar-refractivity contribution in [1.29, 1.82) is 0 Å². The molecule has 28 heavy (non-hydrogen) atoms. The molecule has 0 saturated heterocycles. The number of aliphatic imine (C=N–C) groups is 1. The van der Waals surface area contributed by atoms with Crippen LogP contribution in [-0.2, 0) is 9.53 Å². The average molecular weight is 493 g/mol. The molecule has 0 radical (unpaired) electrons. The standard InChI is InChI=1S/C21H20INO5/c1-12(2)27-19-16(22)9-13(11-18(19)26-4)10-17-21(24)28-20(23-17)14-5-7-15(25-3)8-6-14/h5-12H,1-4H3/b17-10+. The van der Waals surface area contributed by atoms with E-state index in [0.29, 0.717) is 17.1 Å². The van der Waals surface area contributed by atoms with Crippen LogP contribution in [-0.4, -0.2) is 32.2 Å². The Kier molecular flexibility index (Phi) is 6.23. The van der Waals surface area contributed by atoms with Gasteiger partial charge in [0, 0.05) is 5.56 Å². The number of benzene rings is 2. The summed E-state index contributed by atoms with van der Waals surface area (Å²) in [6, 6.07) is 10.9. The molecule has 1 aliphatic rings. The minimum Gasteiger partial charge on any atom is -0.497 e. The fourth-order valence-electron chi connectivity index (χ4n) is 2.60. The van der Waals surface area contributed by atoms with Gasteiger partial charge < -0.3 is 18.9 Å². The van der Waals surface area contributed by atoms with Gasteiger partial charge in [-0.15, -0.1) is 0 Å². The van der Waals surface area contributed by atoms with E-state index in [9.17, 15) is 4.79 Å². The van der Waals surface area contributed by atoms with Gasteiger partial charge in [-0.05, 0) is 84.5 Å². The Hall–Kier alpha value is -2.55. The molecule has 6 nitrogen and oxygen atoms in total. The van der Waals surface area contributed by atoms with E-state index in [1.165, 1.54) is 0 Å². The predicted octanol–water partition coefficient (Wildman–Crippen LogP) is 4.44. The summed E-state index contributed by atoms with van der Waals surface area (Å²) in [4.78, 5) is 16.6. The van der Waals surface area contributed by atoms with Crippen molar-refractivity contribution in [2.45, 2.75) is 20.0 Å². The molecular formula is C21H20INO5. The van der Waals surface area contributed by atoms with E-state index in [4.69, 9.17) is 18.9 Å². The minimum atomic E-state index is -0.498. The van der Waals surface area contributed by atoms with Crippen LogP contribution in [0.5, 0.6) is 17.2 Å². The van der Waals surface area contributed by atoms with E-state index in [1.54, 1.807) is 50.6 Å². The van der Waals surface area contributed by atoms with Gasteiger partial charge in [0.25, 0.3) is 0 Å². The summed E-state index contributed by atoms with van der Waals surface area (Å²) in [5.41, 5.74) is 1.69. The minimum absolute atomic E-state index is 0.0214. The summed E-state index contributed by atoms with van der Waals surface area (Å²) in [6.07, 6.45) is 1.69. The molecule has 0 bridgehead atoms. The number of methoxy groups -OCH3 is 2. The van der Waals surface area contributed by atoms with Gasteiger partial charge in [0.15, 0.2) is 17.2 Å². The molecule has 3 rings (SSSR count). The highest BCUT2D eigenvalue weighted by Gasteiger charge is 2.24. The van der Waals surface area contributed by atoms with Crippen LogP contribution in [0.2, 0.25) is 0 Å². The molecule has 0 aromatic heterocycles. The Morgan fingerprint density at radius 3 is 2.43 bits per heavy atom. The maximum Gasteiger partial charge on any atom is 0.363 e. The van der Waals surface area contributed by atoms with Gasteiger partial charge in [-0.25, -0.2) is 9.79 Å². The molecule has 0 atom stereocenters. The third-order valence-corrected chi connectivity index (χ3v) is 4.67. The SMILES string of the molecule is COc1ccc(C2=N/C(=C/c3cc(I)c(OC(C)C)c(OC)c3)C(=O)O2)cc1.